The van der Waals surface area contributed by atoms with E-state index in [1.165, 1.54) is 12.1 Å². The predicted octanol–water partition coefficient (Wildman–Crippen LogP) is 2.85. The zero-order valence-electron chi connectivity index (χ0n) is 11.1. The molecule has 5 heteroatoms. The summed E-state index contributed by atoms with van der Waals surface area (Å²) in [6.07, 6.45) is 0.692. The number of benzene rings is 1. The van der Waals surface area contributed by atoms with Crippen molar-refractivity contribution in [3.63, 3.8) is 0 Å². The number of aromatic nitrogens is 2. The molecule has 0 aliphatic heterocycles. The highest BCUT2D eigenvalue weighted by Crippen LogP contribution is 2.20. The summed E-state index contributed by atoms with van der Waals surface area (Å²) in [7, 11) is 0. The van der Waals surface area contributed by atoms with E-state index in [0.29, 0.717) is 13.0 Å². The number of nitrogens with zero attached hydrogens (tertiary/aromatic N) is 2. The zero-order valence-corrected chi connectivity index (χ0v) is 11.1. The standard InChI is InChI=1S/C14H17FN2O2/c1-3-17-12-8-10(15)4-5-11(12)16-13(17)6-9(2)7-14(18)19/h4-5,8-9H,3,6-7H2,1-2H3,(H,18,19). The summed E-state index contributed by atoms with van der Waals surface area (Å²) in [4.78, 5) is 15.2. The molecule has 0 saturated heterocycles. The maximum atomic E-state index is 13.3. The molecule has 1 aromatic carbocycles. The Bertz CT molecular complexity index is 607. The minimum atomic E-state index is -0.808. The van der Waals surface area contributed by atoms with Gasteiger partial charge in [-0.3, -0.25) is 4.79 Å². The zero-order chi connectivity index (χ0) is 14.0. The van der Waals surface area contributed by atoms with Gasteiger partial charge < -0.3 is 9.67 Å². The second-order valence-electron chi connectivity index (χ2n) is 4.81. The van der Waals surface area contributed by atoms with Crippen LogP contribution in [0.25, 0.3) is 11.0 Å². The number of aryl methyl sites for hydroxylation is 1. The number of rotatable bonds is 5. The minimum Gasteiger partial charge on any atom is -0.481 e. The molecule has 0 bridgehead atoms. The van der Waals surface area contributed by atoms with Crippen molar-refractivity contribution in [2.75, 3.05) is 0 Å². The normalized spacial score (nSPS) is 12.8. The molecule has 4 nitrogen and oxygen atoms in total. The fraction of sp³-hybridized carbons (Fsp3) is 0.429. The van der Waals surface area contributed by atoms with Gasteiger partial charge in [0.05, 0.1) is 11.0 Å². The maximum Gasteiger partial charge on any atom is 0.303 e. The molecule has 1 N–H and O–H groups in total. The summed E-state index contributed by atoms with van der Waals surface area (Å²) < 4.78 is 15.2. The number of imidazole rings is 1. The molecule has 2 rings (SSSR count). The summed E-state index contributed by atoms with van der Waals surface area (Å²) in [6, 6.07) is 4.51. The smallest absolute Gasteiger partial charge is 0.303 e. The van der Waals surface area contributed by atoms with Crippen molar-refractivity contribution in [1.82, 2.24) is 9.55 Å². The highest BCUT2D eigenvalue weighted by atomic mass is 19.1. The van der Waals surface area contributed by atoms with Crippen LogP contribution in [0.4, 0.5) is 4.39 Å². The Hall–Kier alpha value is -1.91. The Kier molecular flexibility index (Phi) is 3.83. The Labute approximate surface area is 110 Å². The first-order valence-electron chi connectivity index (χ1n) is 6.37. The monoisotopic (exact) mass is 264 g/mol. The molecule has 19 heavy (non-hydrogen) atoms. The number of carboxylic acids is 1. The molecule has 2 aromatic rings. The molecule has 1 unspecified atom stereocenters. The number of carbonyl (C=O) groups is 1. The molecule has 1 heterocycles. The fourth-order valence-electron chi connectivity index (χ4n) is 2.34. The number of halogens is 1. The van der Waals surface area contributed by atoms with Crippen LogP contribution in [-0.4, -0.2) is 20.6 Å². The van der Waals surface area contributed by atoms with Crippen LogP contribution >= 0.6 is 0 Å². The van der Waals surface area contributed by atoms with Crippen molar-refractivity contribution in [2.45, 2.75) is 33.2 Å². The van der Waals surface area contributed by atoms with Gasteiger partial charge in [-0.1, -0.05) is 6.92 Å². The average Bonchev–Trinajstić information content (AvgIpc) is 2.64. The fourth-order valence-corrected chi connectivity index (χ4v) is 2.34. The minimum absolute atomic E-state index is 0.00413. The van der Waals surface area contributed by atoms with Crippen molar-refractivity contribution in [3.8, 4) is 0 Å². The third-order valence-corrected chi connectivity index (χ3v) is 3.16. The topological polar surface area (TPSA) is 55.1 Å². The molecule has 0 aliphatic rings. The van der Waals surface area contributed by atoms with Gasteiger partial charge in [0.15, 0.2) is 0 Å². The lowest BCUT2D eigenvalue weighted by Crippen LogP contribution is -2.11. The summed E-state index contributed by atoms with van der Waals surface area (Å²) >= 11 is 0. The Morgan fingerprint density at radius 1 is 1.53 bits per heavy atom. The molecular formula is C14H17FN2O2. The SMILES string of the molecule is CCn1c(CC(C)CC(=O)O)nc2ccc(F)cc21. The quantitative estimate of drug-likeness (QED) is 0.903. The van der Waals surface area contributed by atoms with Crippen LogP contribution in [0, 0.1) is 11.7 Å². The van der Waals surface area contributed by atoms with Gasteiger partial charge in [0, 0.05) is 19.4 Å². The van der Waals surface area contributed by atoms with Crippen molar-refractivity contribution in [3.05, 3.63) is 29.8 Å². The van der Waals surface area contributed by atoms with Crippen LogP contribution in [-0.2, 0) is 17.8 Å². The average molecular weight is 264 g/mol. The highest BCUT2D eigenvalue weighted by molar-refractivity contribution is 5.76. The van der Waals surface area contributed by atoms with Gasteiger partial charge in [-0.2, -0.15) is 0 Å². The molecule has 0 amide bonds. The first kappa shape index (κ1) is 13.5. The number of hydrogen-bond acceptors (Lipinski definition) is 2. The van der Waals surface area contributed by atoms with E-state index >= 15 is 0 Å². The van der Waals surface area contributed by atoms with Crippen molar-refractivity contribution in [1.29, 1.82) is 0 Å². The number of carboxylic acid groups (broad SMARTS) is 1. The van der Waals surface area contributed by atoms with Gasteiger partial charge in [0.25, 0.3) is 0 Å². The lowest BCUT2D eigenvalue weighted by molar-refractivity contribution is -0.137. The van der Waals surface area contributed by atoms with E-state index in [2.05, 4.69) is 4.98 Å². The Morgan fingerprint density at radius 2 is 2.26 bits per heavy atom. The molecule has 0 fully saturated rings. The van der Waals surface area contributed by atoms with E-state index in [9.17, 15) is 9.18 Å². The van der Waals surface area contributed by atoms with E-state index in [1.807, 2.05) is 18.4 Å². The Balaban J connectivity index is 2.35. The van der Waals surface area contributed by atoms with Crippen LogP contribution in [0.3, 0.4) is 0 Å². The maximum absolute atomic E-state index is 13.3. The van der Waals surface area contributed by atoms with E-state index in [-0.39, 0.29) is 18.2 Å². The number of hydrogen-bond donors (Lipinski definition) is 1. The molecule has 1 atom stereocenters. The van der Waals surface area contributed by atoms with Gasteiger partial charge in [0.2, 0.25) is 0 Å². The van der Waals surface area contributed by atoms with E-state index in [1.54, 1.807) is 6.07 Å². The van der Waals surface area contributed by atoms with Crippen LogP contribution in [0.1, 0.15) is 26.1 Å². The predicted molar refractivity (Wildman–Crippen MR) is 70.5 cm³/mol. The molecule has 1 aromatic heterocycles. The summed E-state index contributed by atoms with van der Waals surface area (Å²) in [5.41, 5.74) is 1.51. The van der Waals surface area contributed by atoms with Crippen LogP contribution in [0.2, 0.25) is 0 Å². The van der Waals surface area contributed by atoms with Crippen molar-refractivity contribution < 1.29 is 14.3 Å². The highest BCUT2D eigenvalue weighted by Gasteiger charge is 2.15. The van der Waals surface area contributed by atoms with E-state index in [4.69, 9.17) is 5.11 Å². The first-order valence-corrected chi connectivity index (χ1v) is 6.37. The number of fused-ring (bicyclic) bond motifs is 1. The summed E-state index contributed by atoms with van der Waals surface area (Å²) in [5, 5.41) is 8.79. The second-order valence-corrected chi connectivity index (χ2v) is 4.81. The van der Waals surface area contributed by atoms with Gasteiger partial charge in [-0.25, -0.2) is 9.37 Å². The molecule has 0 saturated carbocycles. The lowest BCUT2D eigenvalue weighted by atomic mass is 10.0. The number of aliphatic carboxylic acids is 1. The van der Waals surface area contributed by atoms with Crippen LogP contribution in [0.5, 0.6) is 0 Å². The molecule has 102 valence electrons. The molecule has 0 spiro atoms. The molecule has 0 aliphatic carbocycles. The van der Waals surface area contributed by atoms with Crippen molar-refractivity contribution >= 4 is 17.0 Å². The van der Waals surface area contributed by atoms with Gasteiger partial charge in [-0.15, -0.1) is 0 Å². The first-order chi connectivity index (χ1) is 9.01. The third kappa shape index (κ3) is 2.92. The Morgan fingerprint density at radius 3 is 2.89 bits per heavy atom. The lowest BCUT2D eigenvalue weighted by Gasteiger charge is -2.10. The van der Waals surface area contributed by atoms with Gasteiger partial charge in [-0.05, 0) is 31.0 Å². The van der Waals surface area contributed by atoms with Crippen molar-refractivity contribution in [2.24, 2.45) is 5.92 Å². The largest absolute Gasteiger partial charge is 0.481 e. The van der Waals surface area contributed by atoms with Gasteiger partial charge >= 0.3 is 5.97 Å². The van der Waals surface area contributed by atoms with Crippen LogP contribution < -0.4 is 0 Å². The second kappa shape index (κ2) is 5.38. The van der Waals surface area contributed by atoms with Gasteiger partial charge in [0.1, 0.15) is 11.6 Å². The third-order valence-electron chi connectivity index (χ3n) is 3.16. The summed E-state index contributed by atoms with van der Waals surface area (Å²) in [5.74, 6) is -0.272. The van der Waals surface area contributed by atoms with Crippen LogP contribution in [0.15, 0.2) is 18.2 Å². The molecular weight excluding hydrogens is 247 g/mol. The summed E-state index contributed by atoms with van der Waals surface area (Å²) in [6.45, 7) is 4.54. The van der Waals surface area contributed by atoms with E-state index < -0.39 is 5.97 Å². The molecule has 0 radical (unpaired) electrons. The van der Waals surface area contributed by atoms with E-state index in [0.717, 1.165) is 16.9 Å².